The summed E-state index contributed by atoms with van der Waals surface area (Å²) >= 11 is 0. The summed E-state index contributed by atoms with van der Waals surface area (Å²) in [5.41, 5.74) is 5.11. The van der Waals surface area contributed by atoms with Crippen molar-refractivity contribution >= 4 is 28.6 Å². The van der Waals surface area contributed by atoms with E-state index in [-0.39, 0.29) is 24.2 Å². The van der Waals surface area contributed by atoms with Crippen molar-refractivity contribution in [2.75, 3.05) is 11.9 Å². The van der Waals surface area contributed by atoms with E-state index in [1.54, 1.807) is 19.1 Å². The Balaban J connectivity index is 1.92. The van der Waals surface area contributed by atoms with E-state index < -0.39 is 12.0 Å². The van der Waals surface area contributed by atoms with Gasteiger partial charge in [-0.05, 0) is 36.1 Å². The number of nitrogens with two attached hydrogens (primary N) is 1. The zero-order valence-electron chi connectivity index (χ0n) is 12.0. The lowest BCUT2D eigenvalue weighted by molar-refractivity contribution is -0.121. The molecule has 1 heterocycles. The molecule has 0 saturated carbocycles. The third kappa shape index (κ3) is 4.15. The van der Waals surface area contributed by atoms with Gasteiger partial charge in [0.2, 0.25) is 5.91 Å². The van der Waals surface area contributed by atoms with Gasteiger partial charge < -0.3 is 10.5 Å². The monoisotopic (exact) mass is 305 g/mol. The molecule has 2 aromatic rings. The summed E-state index contributed by atoms with van der Waals surface area (Å²) in [5, 5.41) is 3.82. The number of carbonyl (C=O) groups is 2. The van der Waals surface area contributed by atoms with Gasteiger partial charge in [-0.2, -0.15) is 0 Å². The predicted octanol–water partition coefficient (Wildman–Crippen LogP) is 2.43. The van der Waals surface area contributed by atoms with Gasteiger partial charge in [0.1, 0.15) is 11.6 Å². The molecule has 0 aliphatic rings. The zero-order valence-corrected chi connectivity index (χ0v) is 12.0. The Bertz CT molecular complexity index is 705. The number of carbonyl (C=O) groups excluding carboxylic acids is 2. The number of benzene rings is 1. The van der Waals surface area contributed by atoms with Crippen molar-refractivity contribution < 1.29 is 18.7 Å². The predicted molar refractivity (Wildman–Crippen MR) is 79.6 cm³/mol. The number of hydrogen-bond acceptors (Lipinski definition) is 4. The van der Waals surface area contributed by atoms with Crippen LogP contribution in [-0.4, -0.2) is 23.6 Å². The average Bonchev–Trinajstić information content (AvgIpc) is 2.46. The Morgan fingerprint density at radius 3 is 2.86 bits per heavy atom. The zero-order chi connectivity index (χ0) is 16.1. The van der Waals surface area contributed by atoms with Crippen LogP contribution in [0.25, 0.3) is 10.8 Å². The maximum absolute atomic E-state index is 13.2. The molecule has 6 nitrogen and oxygen atoms in total. The number of ether oxygens (including phenoxy) is 1. The number of rotatable bonds is 5. The summed E-state index contributed by atoms with van der Waals surface area (Å²) < 4.78 is 18.1. The molecule has 0 fully saturated rings. The summed E-state index contributed by atoms with van der Waals surface area (Å²) in [4.78, 5) is 26.5. The molecule has 2 amide bonds. The van der Waals surface area contributed by atoms with Crippen molar-refractivity contribution in [3.8, 4) is 0 Å². The highest BCUT2D eigenvalue weighted by molar-refractivity contribution is 5.89. The first-order chi connectivity index (χ1) is 10.5. The van der Waals surface area contributed by atoms with Crippen molar-refractivity contribution in [2.45, 2.75) is 13.3 Å². The topological polar surface area (TPSA) is 94.3 Å². The maximum atomic E-state index is 13.2. The van der Waals surface area contributed by atoms with Gasteiger partial charge in [0.05, 0.1) is 6.61 Å². The molecular weight excluding hydrogens is 289 g/mol. The van der Waals surface area contributed by atoms with Crippen molar-refractivity contribution in [2.24, 2.45) is 11.7 Å². The lowest BCUT2D eigenvalue weighted by Gasteiger charge is -2.09. The molecule has 0 aliphatic carbocycles. The Morgan fingerprint density at radius 2 is 2.14 bits per heavy atom. The van der Waals surface area contributed by atoms with Gasteiger partial charge in [0.25, 0.3) is 0 Å². The molecule has 0 aliphatic heterocycles. The second kappa shape index (κ2) is 6.84. The second-order valence-electron chi connectivity index (χ2n) is 4.91. The molecule has 1 aromatic heterocycles. The first-order valence-corrected chi connectivity index (χ1v) is 6.74. The standard InChI is InChI=1S/C15H16FN3O3/c1-9(14(17)20)4-5-22-15(21)19-13-7-11-6-12(16)3-2-10(11)8-18-13/h2-3,6-9H,4-5H2,1H3,(H2,17,20)(H,18,19,21). The van der Waals surface area contributed by atoms with Crippen LogP contribution in [0.1, 0.15) is 13.3 Å². The Kier molecular flexibility index (Phi) is 4.88. The minimum absolute atomic E-state index is 0.0676. The van der Waals surface area contributed by atoms with Crippen LogP contribution in [0.3, 0.4) is 0 Å². The molecule has 2 rings (SSSR count). The maximum Gasteiger partial charge on any atom is 0.412 e. The highest BCUT2D eigenvalue weighted by Crippen LogP contribution is 2.18. The van der Waals surface area contributed by atoms with E-state index >= 15 is 0 Å². The molecule has 1 unspecified atom stereocenters. The van der Waals surface area contributed by atoms with Crippen LogP contribution in [0.5, 0.6) is 0 Å². The molecule has 116 valence electrons. The van der Waals surface area contributed by atoms with Crippen LogP contribution >= 0.6 is 0 Å². The van der Waals surface area contributed by atoms with E-state index in [4.69, 9.17) is 10.5 Å². The summed E-state index contributed by atoms with van der Waals surface area (Å²) in [5.74, 6) is -0.921. The first-order valence-electron chi connectivity index (χ1n) is 6.74. The Hall–Kier alpha value is -2.70. The third-order valence-electron chi connectivity index (χ3n) is 3.18. The van der Waals surface area contributed by atoms with Crippen LogP contribution < -0.4 is 11.1 Å². The average molecular weight is 305 g/mol. The number of hydrogen-bond donors (Lipinski definition) is 2. The van der Waals surface area contributed by atoms with Gasteiger partial charge in [-0.25, -0.2) is 14.2 Å². The molecule has 0 saturated heterocycles. The van der Waals surface area contributed by atoms with Gasteiger partial charge in [-0.15, -0.1) is 0 Å². The number of amides is 2. The lowest BCUT2D eigenvalue weighted by atomic mass is 10.1. The molecule has 0 bridgehead atoms. The van der Waals surface area contributed by atoms with Gasteiger partial charge in [-0.1, -0.05) is 6.92 Å². The fourth-order valence-corrected chi connectivity index (χ4v) is 1.79. The fraction of sp³-hybridized carbons (Fsp3) is 0.267. The highest BCUT2D eigenvalue weighted by atomic mass is 19.1. The van der Waals surface area contributed by atoms with Crippen LogP contribution in [0.4, 0.5) is 15.0 Å². The molecule has 1 aromatic carbocycles. The molecule has 1 atom stereocenters. The van der Waals surface area contributed by atoms with Crippen molar-refractivity contribution in [3.05, 3.63) is 36.3 Å². The summed E-state index contributed by atoms with van der Waals surface area (Å²) in [7, 11) is 0. The number of nitrogens with one attached hydrogen (secondary N) is 1. The molecule has 22 heavy (non-hydrogen) atoms. The van der Waals surface area contributed by atoms with Crippen LogP contribution in [0.15, 0.2) is 30.5 Å². The van der Waals surface area contributed by atoms with Crippen LogP contribution in [0.2, 0.25) is 0 Å². The SMILES string of the molecule is CC(CCOC(=O)Nc1cc2cc(F)ccc2cn1)C(N)=O. The van der Waals surface area contributed by atoms with E-state index in [1.165, 1.54) is 18.3 Å². The van der Waals surface area contributed by atoms with Crippen LogP contribution in [0, 0.1) is 11.7 Å². The van der Waals surface area contributed by atoms with Crippen molar-refractivity contribution in [1.29, 1.82) is 0 Å². The Labute approximate surface area is 126 Å². The van der Waals surface area contributed by atoms with Crippen molar-refractivity contribution in [3.63, 3.8) is 0 Å². The number of primary amides is 1. The lowest BCUT2D eigenvalue weighted by Crippen LogP contribution is -2.23. The van der Waals surface area contributed by atoms with Crippen LogP contribution in [-0.2, 0) is 9.53 Å². The summed E-state index contributed by atoms with van der Waals surface area (Å²) in [6, 6.07) is 5.84. The number of fused-ring (bicyclic) bond motifs is 1. The largest absolute Gasteiger partial charge is 0.449 e. The minimum atomic E-state index is -0.695. The van der Waals surface area contributed by atoms with E-state index in [0.717, 1.165) is 5.39 Å². The number of halogens is 1. The van der Waals surface area contributed by atoms with Gasteiger partial charge in [-0.3, -0.25) is 10.1 Å². The summed E-state index contributed by atoms with van der Waals surface area (Å²) in [6.45, 7) is 1.72. The van der Waals surface area contributed by atoms with Gasteiger partial charge in [0.15, 0.2) is 0 Å². The normalized spacial score (nSPS) is 11.9. The number of aromatic nitrogens is 1. The quantitative estimate of drug-likeness (QED) is 0.887. The molecule has 3 N–H and O–H groups in total. The molecule has 0 spiro atoms. The smallest absolute Gasteiger partial charge is 0.412 e. The fourth-order valence-electron chi connectivity index (χ4n) is 1.79. The molecule has 0 radical (unpaired) electrons. The van der Waals surface area contributed by atoms with Gasteiger partial charge >= 0.3 is 6.09 Å². The minimum Gasteiger partial charge on any atom is -0.449 e. The van der Waals surface area contributed by atoms with Crippen molar-refractivity contribution in [1.82, 2.24) is 4.98 Å². The van der Waals surface area contributed by atoms with E-state index in [2.05, 4.69) is 10.3 Å². The number of anilines is 1. The van der Waals surface area contributed by atoms with E-state index in [1.807, 2.05) is 0 Å². The van der Waals surface area contributed by atoms with E-state index in [0.29, 0.717) is 11.8 Å². The third-order valence-corrected chi connectivity index (χ3v) is 3.18. The van der Waals surface area contributed by atoms with Gasteiger partial charge in [0, 0.05) is 17.5 Å². The number of nitrogens with zero attached hydrogens (tertiary/aromatic N) is 1. The number of pyridine rings is 1. The first kappa shape index (κ1) is 15.7. The molecular formula is C15H16FN3O3. The Morgan fingerprint density at radius 1 is 1.36 bits per heavy atom. The van der Waals surface area contributed by atoms with E-state index in [9.17, 15) is 14.0 Å². The highest BCUT2D eigenvalue weighted by Gasteiger charge is 2.10. The molecule has 7 heteroatoms. The summed E-state index contributed by atoms with van der Waals surface area (Å²) in [6.07, 6.45) is 1.18. The second-order valence-corrected chi connectivity index (χ2v) is 4.91.